The summed E-state index contributed by atoms with van der Waals surface area (Å²) in [4.78, 5) is 13.0. The molecule has 3 aliphatic heterocycles. The highest BCUT2D eigenvalue weighted by molar-refractivity contribution is 5.69. The molecule has 3 heterocycles. The van der Waals surface area contributed by atoms with E-state index in [2.05, 4.69) is 19.9 Å². The van der Waals surface area contributed by atoms with Gasteiger partial charge in [0.1, 0.15) is 11.4 Å². The molecule has 130 valence electrons. The average molecular weight is 331 g/mol. The number of nitrogens with zero attached hydrogens (tertiary/aromatic N) is 1. The van der Waals surface area contributed by atoms with Gasteiger partial charge in [-0.25, -0.2) is 0 Å². The van der Waals surface area contributed by atoms with Gasteiger partial charge in [0, 0.05) is 24.6 Å². The van der Waals surface area contributed by atoms with Crippen molar-refractivity contribution < 1.29 is 19.4 Å². The molecule has 1 N–H and O–H groups in total. The highest BCUT2D eigenvalue weighted by Gasteiger charge is 2.51. The molecule has 0 saturated carbocycles. The summed E-state index contributed by atoms with van der Waals surface area (Å²) in [6, 6.07) is 8.19. The molecule has 24 heavy (non-hydrogen) atoms. The molecule has 5 heteroatoms. The zero-order valence-corrected chi connectivity index (χ0v) is 14.3. The van der Waals surface area contributed by atoms with Gasteiger partial charge in [0.25, 0.3) is 0 Å². The number of carbonyl (C=O) groups is 1. The van der Waals surface area contributed by atoms with Crippen LogP contribution >= 0.6 is 0 Å². The molecule has 1 aromatic rings. The van der Waals surface area contributed by atoms with E-state index in [1.165, 1.54) is 0 Å². The Morgan fingerprint density at radius 1 is 1.38 bits per heavy atom. The lowest BCUT2D eigenvalue weighted by Gasteiger charge is -2.53. The second kappa shape index (κ2) is 5.74. The minimum atomic E-state index is -0.752. The first-order valence-corrected chi connectivity index (χ1v) is 8.81. The molecule has 2 saturated heterocycles. The highest BCUT2D eigenvalue weighted by atomic mass is 16.5. The maximum absolute atomic E-state index is 11.0. The van der Waals surface area contributed by atoms with Crippen molar-refractivity contribution in [2.24, 2.45) is 11.8 Å². The summed E-state index contributed by atoms with van der Waals surface area (Å²) in [6.07, 6.45) is 2.23. The number of rotatable bonds is 2. The van der Waals surface area contributed by atoms with Crippen LogP contribution in [-0.2, 0) is 9.53 Å². The largest absolute Gasteiger partial charge is 0.487 e. The second-order valence-electron chi connectivity index (χ2n) is 7.86. The average Bonchev–Trinajstić information content (AvgIpc) is 2.52. The Labute approximate surface area is 142 Å². The third-order valence-electron chi connectivity index (χ3n) is 5.84. The number of carboxylic acids is 1. The number of hydrogen-bond acceptors (Lipinski definition) is 4. The predicted octanol–water partition coefficient (Wildman–Crippen LogP) is 2.71. The van der Waals surface area contributed by atoms with Gasteiger partial charge in [-0.2, -0.15) is 0 Å². The summed E-state index contributed by atoms with van der Waals surface area (Å²) < 4.78 is 12.8. The van der Waals surface area contributed by atoms with Crippen molar-refractivity contribution in [2.45, 2.75) is 44.5 Å². The lowest BCUT2D eigenvalue weighted by Crippen LogP contribution is -2.55. The van der Waals surface area contributed by atoms with Crippen molar-refractivity contribution in [3.05, 3.63) is 29.8 Å². The van der Waals surface area contributed by atoms with E-state index in [-0.39, 0.29) is 24.4 Å². The van der Waals surface area contributed by atoms with E-state index in [1.54, 1.807) is 0 Å². The van der Waals surface area contributed by atoms with Crippen molar-refractivity contribution >= 4 is 5.97 Å². The number of hydrogen-bond donors (Lipinski definition) is 1. The van der Waals surface area contributed by atoms with Crippen LogP contribution in [0.5, 0.6) is 5.75 Å². The second-order valence-corrected chi connectivity index (χ2v) is 7.86. The number of para-hydroxylation sites is 1. The molecule has 3 aliphatic rings. The lowest BCUT2D eigenvalue weighted by molar-refractivity contribution is -0.188. The molecular weight excluding hydrogens is 306 g/mol. The van der Waals surface area contributed by atoms with Crippen molar-refractivity contribution in [3.8, 4) is 5.75 Å². The Balaban J connectivity index is 1.58. The zero-order chi connectivity index (χ0) is 16.9. The van der Waals surface area contributed by atoms with Gasteiger partial charge in [0.2, 0.25) is 0 Å². The van der Waals surface area contributed by atoms with Gasteiger partial charge in [0.15, 0.2) is 0 Å². The topological polar surface area (TPSA) is 59.0 Å². The molecule has 0 aliphatic carbocycles. The molecule has 4 rings (SSSR count). The van der Waals surface area contributed by atoms with Gasteiger partial charge in [0.05, 0.1) is 18.8 Å². The lowest BCUT2D eigenvalue weighted by atomic mass is 9.70. The van der Waals surface area contributed by atoms with Gasteiger partial charge in [-0.05, 0) is 38.7 Å². The fourth-order valence-corrected chi connectivity index (χ4v) is 4.67. The number of aliphatic carboxylic acids is 1. The van der Waals surface area contributed by atoms with Crippen LogP contribution in [0, 0.1) is 11.8 Å². The van der Waals surface area contributed by atoms with E-state index >= 15 is 0 Å². The molecule has 0 amide bonds. The van der Waals surface area contributed by atoms with Crippen LogP contribution in [0.1, 0.15) is 38.4 Å². The Bertz CT molecular complexity index is 644. The van der Waals surface area contributed by atoms with Crippen LogP contribution < -0.4 is 4.74 Å². The molecule has 0 radical (unpaired) electrons. The molecule has 2 fully saturated rings. The SMILES string of the molecule is CC1(C)Oc2ccccc2[C@H]2O[C@H]3CCN(CC(=O)O)C[C@@H]3C[C@@H]21. The maximum atomic E-state index is 11.0. The summed E-state index contributed by atoms with van der Waals surface area (Å²) in [7, 11) is 0. The van der Waals surface area contributed by atoms with E-state index in [4.69, 9.17) is 14.6 Å². The maximum Gasteiger partial charge on any atom is 0.317 e. The van der Waals surface area contributed by atoms with E-state index < -0.39 is 5.97 Å². The minimum absolute atomic E-state index is 0.0808. The number of ether oxygens (including phenoxy) is 2. The fourth-order valence-electron chi connectivity index (χ4n) is 4.67. The first-order chi connectivity index (χ1) is 11.4. The Morgan fingerprint density at radius 2 is 2.17 bits per heavy atom. The third kappa shape index (κ3) is 2.70. The van der Waals surface area contributed by atoms with Crippen LogP contribution in [0.3, 0.4) is 0 Å². The quantitative estimate of drug-likeness (QED) is 0.903. The van der Waals surface area contributed by atoms with E-state index in [9.17, 15) is 4.79 Å². The monoisotopic (exact) mass is 331 g/mol. The van der Waals surface area contributed by atoms with E-state index in [0.717, 1.165) is 37.2 Å². The smallest absolute Gasteiger partial charge is 0.317 e. The predicted molar refractivity (Wildman–Crippen MR) is 89.1 cm³/mol. The number of fused-ring (bicyclic) bond motifs is 4. The molecule has 0 bridgehead atoms. The van der Waals surface area contributed by atoms with Crippen LogP contribution in [0.2, 0.25) is 0 Å². The number of piperidine rings is 1. The summed E-state index contributed by atoms with van der Waals surface area (Å²) >= 11 is 0. The van der Waals surface area contributed by atoms with E-state index in [1.807, 2.05) is 23.1 Å². The first-order valence-electron chi connectivity index (χ1n) is 8.81. The van der Waals surface area contributed by atoms with Crippen LogP contribution in [0.25, 0.3) is 0 Å². The summed E-state index contributed by atoms with van der Waals surface area (Å²) in [6.45, 7) is 6.01. The van der Waals surface area contributed by atoms with Crippen molar-refractivity contribution in [1.29, 1.82) is 0 Å². The Morgan fingerprint density at radius 3 is 2.96 bits per heavy atom. The van der Waals surface area contributed by atoms with Crippen LogP contribution in [-0.4, -0.2) is 47.3 Å². The summed E-state index contributed by atoms with van der Waals surface area (Å²) in [5, 5.41) is 9.05. The normalized spacial score (nSPS) is 34.4. The Hall–Kier alpha value is -1.59. The van der Waals surface area contributed by atoms with Gasteiger partial charge < -0.3 is 14.6 Å². The van der Waals surface area contributed by atoms with Crippen LogP contribution in [0.15, 0.2) is 24.3 Å². The van der Waals surface area contributed by atoms with Crippen molar-refractivity contribution in [1.82, 2.24) is 4.90 Å². The van der Waals surface area contributed by atoms with Crippen molar-refractivity contribution in [2.75, 3.05) is 19.6 Å². The molecule has 0 spiro atoms. The number of benzene rings is 1. The van der Waals surface area contributed by atoms with Crippen LogP contribution in [0.4, 0.5) is 0 Å². The highest BCUT2D eigenvalue weighted by Crippen LogP contribution is 2.52. The minimum Gasteiger partial charge on any atom is -0.487 e. The van der Waals surface area contributed by atoms with Crippen molar-refractivity contribution in [3.63, 3.8) is 0 Å². The summed E-state index contributed by atoms with van der Waals surface area (Å²) in [5.74, 6) is 0.856. The first kappa shape index (κ1) is 15.9. The molecule has 5 nitrogen and oxygen atoms in total. The van der Waals surface area contributed by atoms with Gasteiger partial charge in [-0.3, -0.25) is 9.69 Å². The summed E-state index contributed by atoms with van der Waals surface area (Å²) in [5.41, 5.74) is 0.882. The molecule has 0 unspecified atom stereocenters. The third-order valence-corrected chi connectivity index (χ3v) is 5.84. The van der Waals surface area contributed by atoms with Gasteiger partial charge in [-0.15, -0.1) is 0 Å². The van der Waals surface area contributed by atoms with Gasteiger partial charge >= 0.3 is 5.97 Å². The molecule has 0 aromatic heterocycles. The zero-order valence-electron chi connectivity index (χ0n) is 14.3. The fraction of sp³-hybridized carbons (Fsp3) is 0.632. The standard InChI is InChI=1S/C19H25NO4/c1-19(2)14-9-12-10-20(11-17(21)22)8-7-15(12)23-18(14)13-5-3-4-6-16(13)24-19/h3-6,12,14-15,18H,7-11H2,1-2H3,(H,21,22)/t12-,14-,15-,18+/m0/s1. The Kier molecular flexibility index (Phi) is 3.81. The van der Waals surface area contributed by atoms with Gasteiger partial charge in [-0.1, -0.05) is 18.2 Å². The molecule has 1 aromatic carbocycles. The number of likely N-dealkylation sites (tertiary alicyclic amines) is 1. The molecular formula is C19H25NO4. The number of carboxylic acid groups (broad SMARTS) is 1. The molecule has 4 atom stereocenters. The van der Waals surface area contributed by atoms with E-state index in [0.29, 0.717) is 11.8 Å².